The van der Waals surface area contributed by atoms with Crippen molar-refractivity contribution in [1.82, 2.24) is 19.2 Å². The Morgan fingerprint density at radius 2 is 1.95 bits per heavy atom. The van der Waals surface area contributed by atoms with Crippen LogP contribution in [0.1, 0.15) is 23.8 Å². The van der Waals surface area contributed by atoms with Crippen molar-refractivity contribution in [3.05, 3.63) is 23.2 Å². The number of aromatic nitrogens is 2. The topological polar surface area (TPSA) is 83.5 Å². The highest BCUT2D eigenvalue weighted by Gasteiger charge is 2.29. The highest BCUT2D eigenvalue weighted by atomic mass is 35.5. The van der Waals surface area contributed by atoms with E-state index in [1.165, 1.54) is 16.7 Å². The molecule has 0 bridgehead atoms. The van der Waals surface area contributed by atoms with Crippen LogP contribution < -0.4 is 0 Å². The summed E-state index contributed by atoms with van der Waals surface area (Å²) in [5.74, 6) is -0.140. The zero-order valence-corrected chi connectivity index (χ0v) is 13.3. The standard InChI is InChI=1S/C12H17ClN4O3S/c1-2-7-21(19,20)17-5-3-16(4-6-17)12(18)10-8-14-9-11(13)15-10/h8-9H,2-7H2,1H3. The molecule has 21 heavy (non-hydrogen) atoms. The summed E-state index contributed by atoms with van der Waals surface area (Å²) in [6.07, 6.45) is 3.29. The second kappa shape index (κ2) is 6.67. The van der Waals surface area contributed by atoms with Gasteiger partial charge in [0.15, 0.2) is 0 Å². The first-order chi connectivity index (χ1) is 9.94. The van der Waals surface area contributed by atoms with Crippen LogP contribution in [0.5, 0.6) is 0 Å². The van der Waals surface area contributed by atoms with Crippen LogP contribution >= 0.6 is 11.6 Å². The Hall–Kier alpha value is -1.25. The van der Waals surface area contributed by atoms with Gasteiger partial charge in [-0.1, -0.05) is 18.5 Å². The molecule has 0 spiro atoms. The minimum Gasteiger partial charge on any atom is -0.335 e. The molecular weight excluding hydrogens is 316 g/mol. The van der Waals surface area contributed by atoms with Crippen molar-refractivity contribution in [3.8, 4) is 0 Å². The third kappa shape index (κ3) is 3.90. The average molecular weight is 333 g/mol. The summed E-state index contributed by atoms with van der Waals surface area (Å²) in [5, 5.41) is 0.157. The molecule has 116 valence electrons. The van der Waals surface area contributed by atoms with Gasteiger partial charge in [-0.15, -0.1) is 0 Å². The number of sulfonamides is 1. The molecule has 1 saturated heterocycles. The number of rotatable bonds is 4. The number of hydrogen-bond donors (Lipinski definition) is 0. The van der Waals surface area contributed by atoms with Gasteiger partial charge in [-0.3, -0.25) is 9.78 Å². The van der Waals surface area contributed by atoms with E-state index in [4.69, 9.17) is 11.6 Å². The largest absolute Gasteiger partial charge is 0.335 e. The molecule has 2 rings (SSSR count). The summed E-state index contributed by atoms with van der Waals surface area (Å²) in [6, 6.07) is 0. The number of carbonyl (C=O) groups is 1. The maximum absolute atomic E-state index is 12.2. The van der Waals surface area contributed by atoms with Crippen molar-refractivity contribution < 1.29 is 13.2 Å². The maximum atomic E-state index is 12.2. The van der Waals surface area contributed by atoms with E-state index in [1.807, 2.05) is 6.92 Å². The highest BCUT2D eigenvalue weighted by Crippen LogP contribution is 2.12. The molecule has 1 aliphatic rings. The van der Waals surface area contributed by atoms with Crippen LogP contribution in [0.3, 0.4) is 0 Å². The normalized spacial score (nSPS) is 17.0. The molecule has 1 aromatic rings. The van der Waals surface area contributed by atoms with E-state index < -0.39 is 10.0 Å². The number of nitrogens with zero attached hydrogens (tertiary/aromatic N) is 4. The van der Waals surface area contributed by atoms with Gasteiger partial charge in [0.2, 0.25) is 10.0 Å². The van der Waals surface area contributed by atoms with Crippen LogP contribution in [0.15, 0.2) is 12.4 Å². The second-order valence-electron chi connectivity index (χ2n) is 4.73. The molecule has 0 atom stereocenters. The van der Waals surface area contributed by atoms with Gasteiger partial charge in [-0.2, -0.15) is 4.31 Å². The fourth-order valence-corrected chi connectivity index (χ4v) is 3.80. The van der Waals surface area contributed by atoms with Crippen molar-refractivity contribution >= 4 is 27.5 Å². The Labute approximate surface area is 129 Å². The lowest BCUT2D eigenvalue weighted by atomic mass is 10.3. The first-order valence-corrected chi connectivity index (χ1v) is 8.67. The van der Waals surface area contributed by atoms with Crippen LogP contribution in [-0.4, -0.2) is 65.4 Å². The fraction of sp³-hybridized carbons (Fsp3) is 0.583. The molecule has 0 N–H and O–H groups in total. The van der Waals surface area contributed by atoms with E-state index in [-0.39, 0.29) is 22.5 Å². The van der Waals surface area contributed by atoms with Gasteiger partial charge in [0.05, 0.1) is 18.1 Å². The molecule has 0 aromatic carbocycles. The van der Waals surface area contributed by atoms with E-state index in [0.29, 0.717) is 32.6 Å². The van der Waals surface area contributed by atoms with E-state index in [1.54, 1.807) is 4.90 Å². The zero-order valence-electron chi connectivity index (χ0n) is 11.7. The van der Waals surface area contributed by atoms with Crippen LogP contribution in [-0.2, 0) is 10.0 Å². The van der Waals surface area contributed by atoms with Crippen LogP contribution in [0, 0.1) is 0 Å². The highest BCUT2D eigenvalue weighted by molar-refractivity contribution is 7.89. The zero-order chi connectivity index (χ0) is 15.5. The lowest BCUT2D eigenvalue weighted by molar-refractivity contribution is 0.0691. The molecule has 0 saturated carbocycles. The predicted molar refractivity (Wildman–Crippen MR) is 78.6 cm³/mol. The third-order valence-electron chi connectivity index (χ3n) is 3.21. The van der Waals surface area contributed by atoms with Gasteiger partial charge in [-0.25, -0.2) is 13.4 Å². The minimum atomic E-state index is -3.21. The molecular formula is C12H17ClN4O3S. The number of carbonyl (C=O) groups excluding carboxylic acids is 1. The molecule has 0 radical (unpaired) electrons. The van der Waals surface area contributed by atoms with Crippen molar-refractivity contribution in [3.63, 3.8) is 0 Å². The Kier molecular flexibility index (Phi) is 5.13. The van der Waals surface area contributed by atoms with Gasteiger partial charge < -0.3 is 4.90 Å². The first-order valence-electron chi connectivity index (χ1n) is 6.68. The Morgan fingerprint density at radius 1 is 1.29 bits per heavy atom. The van der Waals surface area contributed by atoms with Gasteiger partial charge in [0.1, 0.15) is 10.8 Å². The van der Waals surface area contributed by atoms with Gasteiger partial charge >= 0.3 is 0 Å². The molecule has 0 unspecified atom stereocenters. The number of amides is 1. The van der Waals surface area contributed by atoms with Crippen molar-refractivity contribution in [1.29, 1.82) is 0 Å². The average Bonchev–Trinajstić information content (AvgIpc) is 2.46. The number of piperazine rings is 1. The molecule has 1 amide bonds. The van der Waals surface area contributed by atoms with Gasteiger partial charge in [0.25, 0.3) is 5.91 Å². The lowest BCUT2D eigenvalue weighted by Gasteiger charge is -2.33. The Balaban J connectivity index is 2.00. The first kappa shape index (κ1) is 16.1. The predicted octanol–water partition coefficient (Wildman–Crippen LogP) is 0.628. The Bertz CT molecular complexity index is 615. The maximum Gasteiger partial charge on any atom is 0.274 e. The van der Waals surface area contributed by atoms with Crippen LogP contribution in [0.2, 0.25) is 5.15 Å². The van der Waals surface area contributed by atoms with Crippen LogP contribution in [0.4, 0.5) is 0 Å². The molecule has 9 heteroatoms. The van der Waals surface area contributed by atoms with Crippen LogP contribution in [0.25, 0.3) is 0 Å². The second-order valence-corrected chi connectivity index (χ2v) is 7.21. The summed E-state index contributed by atoms with van der Waals surface area (Å²) in [6.45, 7) is 3.13. The molecule has 2 heterocycles. The van der Waals surface area contributed by atoms with Crippen molar-refractivity contribution in [2.45, 2.75) is 13.3 Å². The molecule has 1 fully saturated rings. The third-order valence-corrected chi connectivity index (χ3v) is 5.46. The molecule has 7 nitrogen and oxygen atoms in total. The summed E-state index contributed by atoms with van der Waals surface area (Å²) in [5.41, 5.74) is 0.173. The lowest BCUT2D eigenvalue weighted by Crippen LogP contribution is -2.51. The minimum absolute atomic E-state index is 0.140. The van der Waals surface area contributed by atoms with E-state index in [9.17, 15) is 13.2 Å². The van der Waals surface area contributed by atoms with Crippen molar-refractivity contribution in [2.24, 2.45) is 0 Å². The molecule has 0 aliphatic carbocycles. The SMILES string of the molecule is CCCS(=O)(=O)N1CCN(C(=O)c2cncc(Cl)n2)CC1. The smallest absolute Gasteiger partial charge is 0.274 e. The van der Waals surface area contributed by atoms with E-state index >= 15 is 0 Å². The Morgan fingerprint density at radius 3 is 2.52 bits per heavy atom. The van der Waals surface area contributed by atoms with E-state index in [0.717, 1.165) is 0 Å². The number of hydrogen-bond acceptors (Lipinski definition) is 5. The quantitative estimate of drug-likeness (QED) is 0.807. The molecule has 1 aromatic heterocycles. The number of halogens is 1. The summed E-state index contributed by atoms with van der Waals surface area (Å²) in [4.78, 5) is 21.6. The fourth-order valence-electron chi connectivity index (χ4n) is 2.16. The monoisotopic (exact) mass is 332 g/mol. The van der Waals surface area contributed by atoms with Gasteiger partial charge in [-0.05, 0) is 6.42 Å². The summed E-state index contributed by atoms with van der Waals surface area (Å²) < 4.78 is 25.4. The van der Waals surface area contributed by atoms with E-state index in [2.05, 4.69) is 9.97 Å². The summed E-state index contributed by atoms with van der Waals surface area (Å²) in [7, 11) is -3.21. The van der Waals surface area contributed by atoms with Gasteiger partial charge in [0, 0.05) is 26.2 Å². The summed E-state index contributed by atoms with van der Waals surface area (Å²) >= 11 is 5.71. The van der Waals surface area contributed by atoms with Crippen molar-refractivity contribution in [2.75, 3.05) is 31.9 Å². The molecule has 1 aliphatic heterocycles.